The summed E-state index contributed by atoms with van der Waals surface area (Å²) >= 11 is 0. The van der Waals surface area contributed by atoms with E-state index in [1.807, 2.05) is 0 Å². The summed E-state index contributed by atoms with van der Waals surface area (Å²) < 4.78 is 0.645. The lowest BCUT2D eigenvalue weighted by Gasteiger charge is -1.91. The SMILES string of the molecule is Nn1cc(C(=O)O)nc1C(=O)O. The van der Waals surface area contributed by atoms with Crippen LogP contribution >= 0.6 is 0 Å². The summed E-state index contributed by atoms with van der Waals surface area (Å²) in [6.07, 6.45) is 0.922. The maximum absolute atomic E-state index is 10.3. The van der Waals surface area contributed by atoms with Crippen molar-refractivity contribution < 1.29 is 19.8 Å². The van der Waals surface area contributed by atoms with E-state index in [1.54, 1.807) is 0 Å². The molecule has 0 aliphatic rings. The van der Waals surface area contributed by atoms with Gasteiger partial charge in [-0.05, 0) is 0 Å². The Bertz CT molecular complexity index is 342. The van der Waals surface area contributed by atoms with Crippen LogP contribution in [0.5, 0.6) is 0 Å². The number of carbonyl (C=O) groups is 2. The number of hydrogen-bond donors (Lipinski definition) is 3. The maximum Gasteiger partial charge on any atom is 0.373 e. The lowest BCUT2D eigenvalue weighted by Crippen LogP contribution is -2.15. The van der Waals surface area contributed by atoms with Crippen LogP contribution < -0.4 is 5.84 Å². The molecule has 0 fully saturated rings. The van der Waals surface area contributed by atoms with Gasteiger partial charge in [-0.3, -0.25) is 0 Å². The summed E-state index contributed by atoms with van der Waals surface area (Å²) in [4.78, 5) is 23.8. The molecule has 0 aliphatic carbocycles. The van der Waals surface area contributed by atoms with Gasteiger partial charge in [-0.15, -0.1) is 0 Å². The van der Waals surface area contributed by atoms with Gasteiger partial charge in [-0.25, -0.2) is 19.2 Å². The lowest BCUT2D eigenvalue weighted by atomic mass is 10.5. The molecule has 0 spiro atoms. The Labute approximate surface area is 66.0 Å². The number of nitrogens with two attached hydrogens (primary N) is 1. The van der Waals surface area contributed by atoms with Crippen molar-refractivity contribution in [3.63, 3.8) is 0 Å². The molecule has 12 heavy (non-hydrogen) atoms. The molecule has 0 saturated heterocycles. The van der Waals surface area contributed by atoms with Crippen molar-refractivity contribution in [2.75, 3.05) is 5.84 Å². The van der Waals surface area contributed by atoms with Crippen molar-refractivity contribution in [3.05, 3.63) is 17.7 Å². The summed E-state index contributed by atoms with van der Waals surface area (Å²) in [7, 11) is 0. The molecule has 0 aliphatic heterocycles. The number of aromatic nitrogens is 2. The van der Waals surface area contributed by atoms with Gasteiger partial charge in [0.15, 0.2) is 5.69 Å². The van der Waals surface area contributed by atoms with Crippen LogP contribution in [0.3, 0.4) is 0 Å². The van der Waals surface area contributed by atoms with Gasteiger partial charge in [-0.1, -0.05) is 0 Å². The fourth-order valence-electron chi connectivity index (χ4n) is 0.655. The molecule has 1 rings (SSSR count). The van der Waals surface area contributed by atoms with Gasteiger partial charge in [0, 0.05) is 0 Å². The molecule has 0 amide bonds. The van der Waals surface area contributed by atoms with Gasteiger partial charge < -0.3 is 16.1 Å². The Morgan fingerprint density at radius 3 is 2.25 bits per heavy atom. The molecule has 1 aromatic rings. The first kappa shape index (κ1) is 8.05. The van der Waals surface area contributed by atoms with E-state index >= 15 is 0 Å². The largest absolute Gasteiger partial charge is 0.476 e. The minimum Gasteiger partial charge on any atom is -0.476 e. The van der Waals surface area contributed by atoms with E-state index in [0.717, 1.165) is 6.20 Å². The molecule has 0 radical (unpaired) electrons. The highest BCUT2D eigenvalue weighted by Gasteiger charge is 2.16. The van der Waals surface area contributed by atoms with Crippen LogP contribution in [0.25, 0.3) is 0 Å². The Morgan fingerprint density at radius 2 is 2.00 bits per heavy atom. The topological polar surface area (TPSA) is 118 Å². The second-order valence-corrected chi connectivity index (χ2v) is 1.97. The average Bonchev–Trinajstić information content (AvgIpc) is 2.30. The molecule has 7 nitrogen and oxygen atoms in total. The highest BCUT2D eigenvalue weighted by atomic mass is 16.4. The van der Waals surface area contributed by atoms with Crippen LogP contribution in [0.15, 0.2) is 6.20 Å². The van der Waals surface area contributed by atoms with Crippen LogP contribution in [0, 0.1) is 0 Å². The number of aromatic carboxylic acids is 2. The first-order chi connectivity index (χ1) is 5.52. The zero-order valence-electron chi connectivity index (χ0n) is 5.76. The number of carboxylic acids is 2. The average molecular weight is 171 g/mol. The van der Waals surface area contributed by atoms with Crippen molar-refractivity contribution in [3.8, 4) is 0 Å². The van der Waals surface area contributed by atoms with Crippen LogP contribution in [-0.4, -0.2) is 31.8 Å². The molecule has 0 aromatic carbocycles. The van der Waals surface area contributed by atoms with Crippen molar-refractivity contribution in [2.24, 2.45) is 0 Å². The smallest absolute Gasteiger partial charge is 0.373 e. The van der Waals surface area contributed by atoms with Crippen LogP contribution in [0.4, 0.5) is 0 Å². The summed E-state index contributed by atoms with van der Waals surface area (Å²) in [5, 5.41) is 16.8. The second-order valence-electron chi connectivity index (χ2n) is 1.97. The molecule has 1 heterocycles. The first-order valence-corrected chi connectivity index (χ1v) is 2.83. The van der Waals surface area contributed by atoms with E-state index in [1.165, 1.54) is 0 Å². The fourth-order valence-corrected chi connectivity index (χ4v) is 0.655. The first-order valence-electron chi connectivity index (χ1n) is 2.83. The number of imidazole rings is 1. The number of nitrogens with zero attached hydrogens (tertiary/aromatic N) is 2. The van der Waals surface area contributed by atoms with Crippen LogP contribution in [0.2, 0.25) is 0 Å². The third kappa shape index (κ3) is 1.19. The van der Waals surface area contributed by atoms with Crippen molar-refractivity contribution >= 4 is 11.9 Å². The van der Waals surface area contributed by atoms with Gasteiger partial charge >= 0.3 is 11.9 Å². The van der Waals surface area contributed by atoms with E-state index in [0.29, 0.717) is 4.68 Å². The normalized spacial score (nSPS) is 9.67. The molecule has 1 aromatic heterocycles. The van der Waals surface area contributed by atoms with E-state index in [2.05, 4.69) is 4.98 Å². The Kier molecular flexibility index (Phi) is 1.70. The van der Waals surface area contributed by atoms with E-state index in [4.69, 9.17) is 16.1 Å². The van der Waals surface area contributed by atoms with Crippen LogP contribution in [-0.2, 0) is 0 Å². The van der Waals surface area contributed by atoms with E-state index in [9.17, 15) is 9.59 Å². The molecule has 4 N–H and O–H groups in total. The van der Waals surface area contributed by atoms with Gasteiger partial charge in [-0.2, -0.15) is 0 Å². The third-order valence-electron chi connectivity index (χ3n) is 1.14. The van der Waals surface area contributed by atoms with Gasteiger partial charge in [0.2, 0.25) is 5.82 Å². The standard InChI is InChI=1S/C5H5N3O4/c6-8-1-2(4(9)10)7-3(8)5(11)12/h1H,6H2,(H,9,10)(H,11,12). The summed E-state index contributed by atoms with van der Waals surface area (Å²) in [5.74, 6) is 1.89. The number of hydrogen-bond acceptors (Lipinski definition) is 4. The van der Waals surface area contributed by atoms with E-state index in [-0.39, 0.29) is 0 Å². The Hall–Kier alpha value is -2.05. The molecule has 0 bridgehead atoms. The minimum atomic E-state index is -1.37. The molecule has 0 unspecified atom stereocenters. The molecular weight excluding hydrogens is 166 g/mol. The number of rotatable bonds is 2. The van der Waals surface area contributed by atoms with Crippen LogP contribution in [0.1, 0.15) is 21.1 Å². The molecule has 0 saturated carbocycles. The third-order valence-corrected chi connectivity index (χ3v) is 1.14. The Balaban J connectivity index is 3.17. The predicted molar refractivity (Wildman–Crippen MR) is 36.3 cm³/mol. The molecule has 7 heteroatoms. The molecular formula is C5H5N3O4. The van der Waals surface area contributed by atoms with Gasteiger partial charge in [0.05, 0.1) is 6.20 Å². The predicted octanol–water partition coefficient (Wildman–Crippen LogP) is -1.01. The summed E-state index contributed by atoms with van der Waals surface area (Å²) in [6.45, 7) is 0. The fraction of sp³-hybridized carbons (Fsp3) is 0. The zero-order valence-corrected chi connectivity index (χ0v) is 5.76. The molecule has 64 valence electrons. The van der Waals surface area contributed by atoms with Crippen molar-refractivity contribution in [1.29, 1.82) is 0 Å². The second kappa shape index (κ2) is 2.53. The minimum absolute atomic E-state index is 0.394. The van der Waals surface area contributed by atoms with Crippen molar-refractivity contribution in [1.82, 2.24) is 9.66 Å². The van der Waals surface area contributed by atoms with Crippen molar-refractivity contribution in [2.45, 2.75) is 0 Å². The Morgan fingerprint density at radius 1 is 1.42 bits per heavy atom. The van der Waals surface area contributed by atoms with E-state index < -0.39 is 23.5 Å². The molecule has 0 atom stereocenters. The zero-order chi connectivity index (χ0) is 9.30. The highest BCUT2D eigenvalue weighted by molar-refractivity contribution is 5.89. The van der Waals surface area contributed by atoms with Gasteiger partial charge in [0.25, 0.3) is 0 Å². The summed E-state index contributed by atoms with van der Waals surface area (Å²) in [6, 6.07) is 0. The number of carboxylic acid groups (broad SMARTS) is 2. The quantitative estimate of drug-likeness (QED) is 0.490. The number of nitrogen functional groups attached to an aromatic ring is 1. The lowest BCUT2D eigenvalue weighted by molar-refractivity contribution is 0.0680. The monoisotopic (exact) mass is 171 g/mol. The highest BCUT2D eigenvalue weighted by Crippen LogP contribution is 1.99. The maximum atomic E-state index is 10.3. The van der Waals surface area contributed by atoms with Gasteiger partial charge in [0.1, 0.15) is 0 Å². The summed E-state index contributed by atoms with van der Waals surface area (Å²) in [5.41, 5.74) is -0.394.